The van der Waals surface area contributed by atoms with E-state index >= 15 is 0 Å². The minimum Gasteiger partial charge on any atom is -0.455 e. The Morgan fingerprint density at radius 3 is 1.69 bits per heavy atom. The van der Waals surface area contributed by atoms with E-state index in [9.17, 15) is 26.3 Å². The van der Waals surface area contributed by atoms with E-state index in [0.717, 1.165) is 12.1 Å². The molecule has 29 heavy (non-hydrogen) atoms. The van der Waals surface area contributed by atoms with E-state index in [-0.39, 0.29) is 28.3 Å². The number of halogens is 6. The summed E-state index contributed by atoms with van der Waals surface area (Å²) in [5.41, 5.74) is 5.07. The zero-order valence-electron chi connectivity index (χ0n) is 14.8. The minimum atomic E-state index is -5.51. The molecule has 0 amide bonds. The van der Waals surface area contributed by atoms with Crippen molar-refractivity contribution in [1.82, 2.24) is 0 Å². The molecule has 0 saturated heterocycles. The molecule has 3 aromatic carbocycles. The SMILES string of the molecule is Nc1ccccc1Oc1ccccc1-c1ccccc1C(C(F)(F)F)C(F)(F)F. The summed E-state index contributed by atoms with van der Waals surface area (Å²) in [6, 6.07) is 16.9. The van der Waals surface area contributed by atoms with Gasteiger partial charge in [0.2, 0.25) is 0 Å². The van der Waals surface area contributed by atoms with E-state index in [1.165, 1.54) is 30.3 Å². The van der Waals surface area contributed by atoms with Gasteiger partial charge in [0.15, 0.2) is 5.92 Å². The monoisotopic (exact) mass is 411 g/mol. The van der Waals surface area contributed by atoms with Gasteiger partial charge in [-0.15, -0.1) is 0 Å². The molecule has 152 valence electrons. The fourth-order valence-electron chi connectivity index (χ4n) is 3.00. The Morgan fingerprint density at radius 2 is 1.10 bits per heavy atom. The van der Waals surface area contributed by atoms with E-state index in [2.05, 4.69) is 0 Å². The molecule has 3 rings (SSSR count). The lowest BCUT2D eigenvalue weighted by Gasteiger charge is -2.26. The molecule has 0 aliphatic carbocycles. The van der Waals surface area contributed by atoms with Crippen LogP contribution >= 0.6 is 0 Å². The molecule has 0 aliphatic heterocycles. The van der Waals surface area contributed by atoms with Crippen molar-refractivity contribution < 1.29 is 31.1 Å². The molecule has 0 bridgehead atoms. The van der Waals surface area contributed by atoms with E-state index in [4.69, 9.17) is 10.5 Å². The zero-order chi connectivity index (χ0) is 21.2. The van der Waals surface area contributed by atoms with Gasteiger partial charge in [-0.25, -0.2) is 0 Å². The van der Waals surface area contributed by atoms with E-state index in [0.29, 0.717) is 0 Å². The fourth-order valence-corrected chi connectivity index (χ4v) is 3.00. The Morgan fingerprint density at radius 1 is 0.621 bits per heavy atom. The van der Waals surface area contributed by atoms with Crippen LogP contribution in [0.25, 0.3) is 11.1 Å². The van der Waals surface area contributed by atoms with Crippen LogP contribution in [0.5, 0.6) is 11.5 Å². The third kappa shape index (κ3) is 4.47. The Bertz CT molecular complexity index is 983. The molecule has 0 radical (unpaired) electrons. The fraction of sp³-hybridized carbons (Fsp3) is 0.143. The zero-order valence-corrected chi connectivity index (χ0v) is 14.8. The van der Waals surface area contributed by atoms with Gasteiger partial charge in [0.1, 0.15) is 11.5 Å². The first-order chi connectivity index (χ1) is 13.6. The minimum absolute atomic E-state index is 0.0842. The number of nitrogens with two attached hydrogens (primary N) is 1. The summed E-state index contributed by atoms with van der Waals surface area (Å²) < 4.78 is 85.7. The predicted molar refractivity (Wildman–Crippen MR) is 97.7 cm³/mol. The maximum atomic E-state index is 13.3. The molecule has 0 saturated carbocycles. The lowest BCUT2D eigenvalue weighted by atomic mass is 9.89. The summed E-state index contributed by atoms with van der Waals surface area (Å²) >= 11 is 0. The van der Waals surface area contributed by atoms with E-state index in [1.807, 2.05) is 0 Å². The Kier molecular flexibility index (Phi) is 5.46. The van der Waals surface area contributed by atoms with Crippen molar-refractivity contribution in [2.24, 2.45) is 0 Å². The summed E-state index contributed by atoms with van der Waals surface area (Å²) in [5.74, 6) is -3.30. The van der Waals surface area contributed by atoms with Gasteiger partial charge in [-0.3, -0.25) is 0 Å². The van der Waals surface area contributed by atoms with Gasteiger partial charge in [-0.05, 0) is 29.3 Å². The number of anilines is 1. The standard InChI is InChI=1S/C21H15F6NO/c22-20(23,24)19(21(25,26)27)15-9-2-1-7-13(15)14-8-3-5-11-17(14)29-18-12-6-4-10-16(18)28/h1-12,19H,28H2. The molecule has 0 aliphatic rings. The maximum Gasteiger partial charge on any atom is 0.404 e. The number of hydrogen-bond donors (Lipinski definition) is 1. The van der Waals surface area contributed by atoms with Gasteiger partial charge in [0, 0.05) is 5.56 Å². The smallest absolute Gasteiger partial charge is 0.404 e. The molecule has 8 heteroatoms. The van der Waals surface area contributed by atoms with Crippen molar-refractivity contribution in [1.29, 1.82) is 0 Å². The second-order valence-corrected chi connectivity index (χ2v) is 6.24. The van der Waals surface area contributed by atoms with Crippen LogP contribution in [0.4, 0.5) is 32.0 Å². The summed E-state index contributed by atoms with van der Waals surface area (Å²) in [4.78, 5) is 0. The summed E-state index contributed by atoms with van der Waals surface area (Å²) in [6.07, 6.45) is -11.0. The van der Waals surface area contributed by atoms with Gasteiger partial charge in [-0.2, -0.15) is 26.3 Å². The second-order valence-electron chi connectivity index (χ2n) is 6.24. The van der Waals surface area contributed by atoms with Gasteiger partial charge in [0.25, 0.3) is 0 Å². The van der Waals surface area contributed by atoms with Gasteiger partial charge in [0.05, 0.1) is 5.69 Å². The highest BCUT2D eigenvalue weighted by Gasteiger charge is 2.58. The van der Waals surface area contributed by atoms with Crippen molar-refractivity contribution in [3.63, 3.8) is 0 Å². The van der Waals surface area contributed by atoms with Crippen molar-refractivity contribution in [3.05, 3.63) is 78.4 Å². The summed E-state index contributed by atoms with van der Waals surface area (Å²) in [6.45, 7) is 0. The van der Waals surface area contributed by atoms with Gasteiger partial charge < -0.3 is 10.5 Å². The largest absolute Gasteiger partial charge is 0.455 e. The van der Waals surface area contributed by atoms with E-state index < -0.39 is 23.8 Å². The van der Waals surface area contributed by atoms with Crippen LogP contribution in [0.1, 0.15) is 11.5 Å². The first-order valence-electron chi connectivity index (χ1n) is 8.43. The van der Waals surface area contributed by atoms with Crippen molar-refractivity contribution in [2.75, 3.05) is 5.73 Å². The van der Waals surface area contributed by atoms with E-state index in [1.54, 1.807) is 30.3 Å². The van der Waals surface area contributed by atoms with Crippen molar-refractivity contribution in [3.8, 4) is 22.6 Å². The predicted octanol–water partition coefficient (Wildman–Crippen LogP) is 6.94. The molecule has 0 unspecified atom stereocenters. The molecule has 2 N–H and O–H groups in total. The lowest BCUT2D eigenvalue weighted by Crippen LogP contribution is -2.34. The second kappa shape index (κ2) is 7.69. The highest BCUT2D eigenvalue weighted by atomic mass is 19.4. The molecule has 3 aromatic rings. The highest BCUT2D eigenvalue weighted by molar-refractivity contribution is 5.75. The first-order valence-corrected chi connectivity index (χ1v) is 8.43. The number of benzene rings is 3. The average Bonchev–Trinajstić information content (AvgIpc) is 2.62. The topological polar surface area (TPSA) is 35.2 Å². The molecule has 2 nitrogen and oxygen atoms in total. The molecule has 0 fully saturated rings. The number of rotatable bonds is 4. The van der Waals surface area contributed by atoms with Crippen LogP contribution in [-0.4, -0.2) is 12.4 Å². The molecule has 0 atom stereocenters. The summed E-state index contributed by atoms with van der Waals surface area (Å²) in [7, 11) is 0. The third-order valence-corrected chi connectivity index (χ3v) is 4.24. The maximum absolute atomic E-state index is 13.3. The normalized spacial score (nSPS) is 12.2. The quantitative estimate of drug-likeness (QED) is 0.373. The third-order valence-electron chi connectivity index (χ3n) is 4.24. The molecule has 0 spiro atoms. The highest BCUT2D eigenvalue weighted by Crippen LogP contribution is 2.50. The van der Waals surface area contributed by atoms with Crippen LogP contribution in [-0.2, 0) is 0 Å². The Balaban J connectivity index is 2.16. The molecule has 0 heterocycles. The number of nitrogen functional groups attached to an aromatic ring is 1. The molecular formula is C21H15F6NO. The van der Waals surface area contributed by atoms with Gasteiger partial charge in [-0.1, -0.05) is 54.6 Å². The van der Waals surface area contributed by atoms with Crippen LogP contribution in [0.15, 0.2) is 72.8 Å². The number of alkyl halides is 6. The van der Waals surface area contributed by atoms with Crippen molar-refractivity contribution >= 4 is 5.69 Å². The Hall–Kier alpha value is -3.16. The number of para-hydroxylation sites is 3. The number of hydrogen-bond acceptors (Lipinski definition) is 2. The molecule has 0 aromatic heterocycles. The van der Waals surface area contributed by atoms with Crippen LogP contribution < -0.4 is 10.5 Å². The van der Waals surface area contributed by atoms with Gasteiger partial charge >= 0.3 is 12.4 Å². The van der Waals surface area contributed by atoms with Crippen LogP contribution in [0.2, 0.25) is 0 Å². The average molecular weight is 411 g/mol. The lowest BCUT2D eigenvalue weighted by molar-refractivity contribution is -0.253. The Labute approximate surface area is 162 Å². The summed E-state index contributed by atoms with van der Waals surface area (Å²) in [5, 5.41) is 0. The van der Waals surface area contributed by atoms with Crippen LogP contribution in [0, 0.1) is 0 Å². The van der Waals surface area contributed by atoms with Crippen molar-refractivity contribution in [2.45, 2.75) is 18.3 Å². The van der Waals surface area contributed by atoms with Crippen LogP contribution in [0.3, 0.4) is 0 Å². The molecular weight excluding hydrogens is 396 g/mol. The number of ether oxygens (including phenoxy) is 1. The first kappa shape index (κ1) is 20.6.